The highest BCUT2D eigenvalue weighted by atomic mass is 32.2. The van der Waals surface area contributed by atoms with Gasteiger partial charge in [0, 0.05) is 35.6 Å². The number of hydrogen-bond donors (Lipinski definition) is 1. The summed E-state index contributed by atoms with van der Waals surface area (Å²) in [6.07, 6.45) is 0.509. The number of aliphatic hydroxyl groups is 1. The van der Waals surface area contributed by atoms with E-state index in [0.717, 1.165) is 5.75 Å². The first-order chi connectivity index (χ1) is 9.84. The van der Waals surface area contributed by atoms with E-state index in [1.165, 1.54) is 6.26 Å². The molecule has 0 amide bonds. The molecule has 0 spiro atoms. The Labute approximate surface area is 129 Å². The summed E-state index contributed by atoms with van der Waals surface area (Å²) >= 11 is 1.60. The van der Waals surface area contributed by atoms with Gasteiger partial charge in [-0.05, 0) is 19.1 Å². The van der Waals surface area contributed by atoms with E-state index in [-0.39, 0.29) is 0 Å². The number of hydrogen-bond acceptors (Lipinski definition) is 6. The average molecular weight is 326 g/mol. The number of anilines is 1. The van der Waals surface area contributed by atoms with Crippen LogP contribution in [-0.4, -0.2) is 43.2 Å². The van der Waals surface area contributed by atoms with E-state index in [9.17, 15) is 13.5 Å². The van der Waals surface area contributed by atoms with Gasteiger partial charge in [0.15, 0.2) is 9.84 Å². The molecule has 7 heteroatoms. The minimum Gasteiger partial charge on any atom is -0.389 e. The number of sulfone groups is 1. The maximum atomic E-state index is 12.0. The molecule has 2 rings (SSSR count). The van der Waals surface area contributed by atoms with E-state index in [1.54, 1.807) is 41.8 Å². The molecule has 0 radical (unpaired) electrons. The number of nitrogens with zero attached hydrogens (tertiary/aromatic N) is 2. The van der Waals surface area contributed by atoms with Crippen LogP contribution in [0.2, 0.25) is 0 Å². The molecule has 1 saturated heterocycles. The van der Waals surface area contributed by atoms with Gasteiger partial charge >= 0.3 is 0 Å². The molecule has 0 aliphatic carbocycles. The predicted octanol–water partition coefficient (Wildman–Crippen LogP) is 1.54. The SMILES string of the molecule is C[C@H](O)c1ccc(C#N)cc1N1CCSCC1S(C)(=O)=O. The van der Waals surface area contributed by atoms with Crippen molar-refractivity contribution in [3.8, 4) is 6.07 Å². The van der Waals surface area contributed by atoms with Crippen molar-refractivity contribution in [1.82, 2.24) is 0 Å². The van der Waals surface area contributed by atoms with Crippen molar-refractivity contribution in [3.05, 3.63) is 29.3 Å². The van der Waals surface area contributed by atoms with E-state index in [1.807, 2.05) is 0 Å². The van der Waals surface area contributed by atoms with Crippen LogP contribution < -0.4 is 4.90 Å². The topological polar surface area (TPSA) is 81.4 Å². The normalized spacial score (nSPS) is 20.9. The first kappa shape index (κ1) is 16.1. The van der Waals surface area contributed by atoms with Crippen LogP contribution >= 0.6 is 11.8 Å². The molecular weight excluding hydrogens is 308 g/mol. The summed E-state index contributed by atoms with van der Waals surface area (Å²) in [6.45, 7) is 2.22. The van der Waals surface area contributed by atoms with Crippen molar-refractivity contribution in [3.63, 3.8) is 0 Å². The van der Waals surface area contributed by atoms with Gasteiger partial charge in [-0.15, -0.1) is 0 Å². The minimum absolute atomic E-state index is 0.458. The highest BCUT2D eigenvalue weighted by Crippen LogP contribution is 2.33. The van der Waals surface area contributed by atoms with Crippen LogP contribution in [0.4, 0.5) is 5.69 Å². The number of aliphatic hydroxyl groups excluding tert-OH is 1. The van der Waals surface area contributed by atoms with Crippen molar-refractivity contribution in [1.29, 1.82) is 5.26 Å². The first-order valence-corrected chi connectivity index (χ1v) is 9.71. The maximum absolute atomic E-state index is 12.0. The summed E-state index contributed by atoms with van der Waals surface area (Å²) in [5.74, 6) is 1.32. The summed E-state index contributed by atoms with van der Waals surface area (Å²) in [4.78, 5) is 1.80. The third-order valence-electron chi connectivity index (χ3n) is 3.50. The Balaban J connectivity index is 2.54. The summed E-state index contributed by atoms with van der Waals surface area (Å²) in [7, 11) is -3.24. The molecule has 1 unspecified atom stereocenters. The van der Waals surface area contributed by atoms with E-state index in [0.29, 0.717) is 29.1 Å². The lowest BCUT2D eigenvalue weighted by Crippen LogP contribution is -2.47. The van der Waals surface area contributed by atoms with E-state index in [2.05, 4.69) is 6.07 Å². The van der Waals surface area contributed by atoms with Gasteiger partial charge in [-0.2, -0.15) is 17.0 Å². The summed E-state index contributed by atoms with van der Waals surface area (Å²) in [5.41, 5.74) is 1.74. The lowest BCUT2D eigenvalue weighted by atomic mass is 10.0. The van der Waals surface area contributed by atoms with Crippen LogP contribution in [0.1, 0.15) is 24.2 Å². The van der Waals surface area contributed by atoms with Crippen molar-refractivity contribution in [2.75, 3.05) is 29.2 Å². The maximum Gasteiger partial charge on any atom is 0.169 e. The molecule has 21 heavy (non-hydrogen) atoms. The van der Waals surface area contributed by atoms with E-state index in [4.69, 9.17) is 5.26 Å². The van der Waals surface area contributed by atoms with Gasteiger partial charge in [0.05, 0.1) is 17.7 Å². The molecule has 0 saturated carbocycles. The Morgan fingerprint density at radius 3 is 2.81 bits per heavy atom. The lowest BCUT2D eigenvalue weighted by molar-refractivity contribution is 0.199. The number of nitriles is 1. The van der Waals surface area contributed by atoms with Gasteiger partial charge < -0.3 is 10.0 Å². The van der Waals surface area contributed by atoms with Gasteiger partial charge in [0.2, 0.25) is 0 Å². The van der Waals surface area contributed by atoms with Crippen molar-refractivity contribution >= 4 is 27.3 Å². The van der Waals surface area contributed by atoms with E-state index >= 15 is 0 Å². The Morgan fingerprint density at radius 1 is 1.52 bits per heavy atom. The quantitative estimate of drug-likeness (QED) is 0.907. The third kappa shape index (κ3) is 3.51. The highest BCUT2D eigenvalue weighted by molar-refractivity contribution is 8.01. The largest absolute Gasteiger partial charge is 0.389 e. The van der Waals surface area contributed by atoms with Gasteiger partial charge in [-0.25, -0.2) is 8.42 Å². The molecule has 5 nitrogen and oxygen atoms in total. The molecule has 114 valence electrons. The van der Waals surface area contributed by atoms with Gasteiger partial charge in [0.25, 0.3) is 0 Å². The van der Waals surface area contributed by atoms with Crippen molar-refractivity contribution in [2.45, 2.75) is 18.4 Å². The van der Waals surface area contributed by atoms with Gasteiger partial charge in [-0.1, -0.05) is 6.07 Å². The first-order valence-electron chi connectivity index (χ1n) is 6.60. The van der Waals surface area contributed by atoms with Crippen LogP contribution in [-0.2, 0) is 9.84 Å². The van der Waals surface area contributed by atoms with Crippen LogP contribution in [0, 0.1) is 11.3 Å². The summed E-state index contributed by atoms with van der Waals surface area (Å²) in [5, 5.41) is 18.4. The van der Waals surface area contributed by atoms with Crippen LogP contribution in [0.25, 0.3) is 0 Å². The molecule has 0 bridgehead atoms. The Kier molecular flexibility index (Phi) is 4.81. The fraction of sp³-hybridized carbons (Fsp3) is 0.500. The third-order valence-corrected chi connectivity index (χ3v) is 6.14. The van der Waals surface area contributed by atoms with Crippen LogP contribution in [0.5, 0.6) is 0 Å². The molecule has 2 atom stereocenters. The molecule has 1 heterocycles. The second-order valence-electron chi connectivity index (χ2n) is 5.11. The lowest BCUT2D eigenvalue weighted by Gasteiger charge is -2.37. The predicted molar refractivity (Wildman–Crippen MR) is 85.1 cm³/mol. The molecule has 1 aliphatic heterocycles. The fourth-order valence-electron chi connectivity index (χ4n) is 2.43. The molecule has 1 aliphatic rings. The van der Waals surface area contributed by atoms with Gasteiger partial charge in [0.1, 0.15) is 5.37 Å². The highest BCUT2D eigenvalue weighted by Gasteiger charge is 2.32. The zero-order valence-corrected chi connectivity index (χ0v) is 13.6. The van der Waals surface area contributed by atoms with Gasteiger partial charge in [-0.3, -0.25) is 0 Å². The minimum atomic E-state index is -3.24. The number of rotatable bonds is 3. The Morgan fingerprint density at radius 2 is 2.24 bits per heavy atom. The molecule has 0 aromatic heterocycles. The Bertz CT molecular complexity index is 665. The fourth-order valence-corrected chi connectivity index (χ4v) is 5.26. The number of benzene rings is 1. The smallest absolute Gasteiger partial charge is 0.169 e. The molecular formula is C14H18N2O3S2. The van der Waals surface area contributed by atoms with Crippen molar-refractivity contribution < 1.29 is 13.5 Å². The zero-order valence-electron chi connectivity index (χ0n) is 12.0. The summed E-state index contributed by atoms with van der Waals surface area (Å²) in [6, 6.07) is 7.06. The van der Waals surface area contributed by atoms with Crippen LogP contribution in [0.15, 0.2) is 18.2 Å². The second kappa shape index (κ2) is 6.26. The monoisotopic (exact) mass is 326 g/mol. The molecule has 1 fully saturated rings. The Hall–Kier alpha value is -1.23. The second-order valence-corrected chi connectivity index (χ2v) is 8.47. The molecule has 1 N–H and O–H groups in total. The van der Waals surface area contributed by atoms with Crippen LogP contribution in [0.3, 0.4) is 0 Å². The zero-order chi connectivity index (χ0) is 15.6. The van der Waals surface area contributed by atoms with E-state index < -0.39 is 21.3 Å². The average Bonchev–Trinajstić information content (AvgIpc) is 2.45. The number of thioether (sulfide) groups is 1. The standard InChI is InChI=1S/C14H18N2O3S2/c1-10(17)12-4-3-11(8-15)7-13(12)16-5-6-20-9-14(16)21(2,18)19/h3-4,7,10,14,17H,5-6,9H2,1-2H3/t10-,14?/m0/s1. The summed E-state index contributed by atoms with van der Waals surface area (Å²) < 4.78 is 24.0. The van der Waals surface area contributed by atoms with Crippen molar-refractivity contribution in [2.24, 2.45) is 0 Å². The molecule has 1 aromatic carbocycles. The molecule has 1 aromatic rings.